The van der Waals surface area contributed by atoms with Crippen LogP contribution in [0.5, 0.6) is 0 Å². The number of benzene rings is 2. The molecule has 2 fully saturated rings. The molecule has 164 valence electrons. The van der Waals surface area contributed by atoms with Gasteiger partial charge in [0.1, 0.15) is 5.82 Å². The zero-order valence-corrected chi connectivity index (χ0v) is 17.8. The van der Waals surface area contributed by atoms with Gasteiger partial charge in [0.2, 0.25) is 21.8 Å². The maximum Gasteiger partial charge on any atom is 0.243 e. The third-order valence-corrected chi connectivity index (χ3v) is 7.69. The minimum absolute atomic E-state index is 0.0339. The minimum atomic E-state index is -3.73. The van der Waals surface area contributed by atoms with Crippen LogP contribution in [0.15, 0.2) is 59.5 Å². The van der Waals surface area contributed by atoms with E-state index in [1.54, 1.807) is 9.80 Å². The fourth-order valence-electron chi connectivity index (χ4n) is 4.06. The van der Waals surface area contributed by atoms with Crippen LogP contribution in [0.1, 0.15) is 12.0 Å². The third-order valence-electron chi connectivity index (χ3n) is 5.78. The van der Waals surface area contributed by atoms with Crippen molar-refractivity contribution in [1.29, 1.82) is 0 Å². The van der Waals surface area contributed by atoms with Gasteiger partial charge >= 0.3 is 0 Å². The molecule has 0 saturated carbocycles. The Bertz CT molecular complexity index is 1050. The van der Waals surface area contributed by atoms with Gasteiger partial charge in [0.15, 0.2) is 0 Å². The molecular weight excluding hydrogens is 421 g/mol. The largest absolute Gasteiger partial charge is 0.340 e. The molecule has 0 bridgehead atoms. The molecule has 2 aliphatic heterocycles. The Labute approximate surface area is 181 Å². The molecule has 9 heteroatoms. The lowest BCUT2D eigenvalue weighted by Gasteiger charge is -2.35. The summed E-state index contributed by atoms with van der Waals surface area (Å²) in [5, 5.41) is 0. The van der Waals surface area contributed by atoms with Crippen molar-refractivity contribution >= 4 is 21.8 Å². The van der Waals surface area contributed by atoms with E-state index < -0.39 is 21.8 Å². The fourth-order valence-corrected chi connectivity index (χ4v) is 5.48. The molecule has 0 radical (unpaired) electrons. The van der Waals surface area contributed by atoms with Crippen molar-refractivity contribution in [2.24, 2.45) is 5.92 Å². The highest BCUT2D eigenvalue weighted by molar-refractivity contribution is 7.89. The lowest BCUT2D eigenvalue weighted by atomic mass is 10.1. The molecule has 0 aliphatic carbocycles. The van der Waals surface area contributed by atoms with Gasteiger partial charge < -0.3 is 9.80 Å². The van der Waals surface area contributed by atoms with Gasteiger partial charge in [0.05, 0.1) is 10.8 Å². The molecule has 2 aliphatic rings. The first kappa shape index (κ1) is 21.5. The smallest absolute Gasteiger partial charge is 0.243 e. The summed E-state index contributed by atoms with van der Waals surface area (Å²) >= 11 is 0. The van der Waals surface area contributed by atoms with Crippen LogP contribution in [0, 0.1) is 11.7 Å². The molecule has 0 spiro atoms. The number of carbonyl (C=O) groups is 2. The Morgan fingerprint density at radius 1 is 0.968 bits per heavy atom. The van der Waals surface area contributed by atoms with E-state index in [2.05, 4.69) is 0 Å². The summed E-state index contributed by atoms with van der Waals surface area (Å²) in [5.41, 5.74) is 1.02. The zero-order valence-electron chi connectivity index (χ0n) is 17.0. The van der Waals surface area contributed by atoms with E-state index in [-0.39, 0.29) is 49.3 Å². The Morgan fingerprint density at radius 3 is 2.26 bits per heavy atom. The van der Waals surface area contributed by atoms with Crippen molar-refractivity contribution in [1.82, 2.24) is 14.1 Å². The Hall–Kier alpha value is -2.78. The molecule has 31 heavy (non-hydrogen) atoms. The molecule has 0 unspecified atom stereocenters. The number of carbonyl (C=O) groups excluding carboxylic acids is 2. The van der Waals surface area contributed by atoms with Gasteiger partial charge in [-0.05, 0) is 29.8 Å². The highest BCUT2D eigenvalue weighted by atomic mass is 32.2. The number of amides is 2. The second-order valence-electron chi connectivity index (χ2n) is 7.84. The highest BCUT2D eigenvalue weighted by Crippen LogP contribution is 2.24. The van der Waals surface area contributed by atoms with Gasteiger partial charge in [-0.25, -0.2) is 12.8 Å². The van der Waals surface area contributed by atoms with Crippen LogP contribution in [0.25, 0.3) is 0 Å². The van der Waals surface area contributed by atoms with Crippen molar-refractivity contribution < 1.29 is 22.4 Å². The van der Waals surface area contributed by atoms with Crippen LogP contribution in [-0.2, 0) is 26.2 Å². The predicted molar refractivity (Wildman–Crippen MR) is 112 cm³/mol. The first-order valence-electron chi connectivity index (χ1n) is 10.2. The molecule has 2 aromatic carbocycles. The average Bonchev–Trinajstić information content (AvgIpc) is 3.14. The summed E-state index contributed by atoms with van der Waals surface area (Å²) < 4.78 is 39.9. The van der Waals surface area contributed by atoms with Crippen molar-refractivity contribution in [2.75, 3.05) is 32.7 Å². The second-order valence-corrected chi connectivity index (χ2v) is 9.78. The second kappa shape index (κ2) is 8.76. The average molecular weight is 446 g/mol. The Kier molecular flexibility index (Phi) is 6.06. The number of hydrogen-bond donors (Lipinski definition) is 0. The van der Waals surface area contributed by atoms with Gasteiger partial charge in [0.25, 0.3) is 0 Å². The lowest BCUT2D eigenvalue weighted by Crippen LogP contribution is -2.52. The molecule has 2 saturated heterocycles. The van der Waals surface area contributed by atoms with E-state index >= 15 is 0 Å². The van der Waals surface area contributed by atoms with Crippen molar-refractivity contribution in [2.45, 2.75) is 17.9 Å². The number of hydrogen-bond acceptors (Lipinski definition) is 4. The summed E-state index contributed by atoms with van der Waals surface area (Å²) in [4.78, 5) is 28.7. The fraction of sp³-hybridized carbons (Fsp3) is 0.364. The third kappa shape index (κ3) is 4.62. The summed E-state index contributed by atoms with van der Waals surface area (Å²) in [6, 6.07) is 14.4. The SMILES string of the molecule is O=C1C[C@@H](C(=O)N2CCN(S(=O)(=O)c3ccc(F)cc3)CC2)CN1Cc1ccccc1. The highest BCUT2D eigenvalue weighted by Gasteiger charge is 2.38. The molecule has 7 nitrogen and oxygen atoms in total. The predicted octanol–water partition coefficient (Wildman–Crippen LogP) is 1.71. The van der Waals surface area contributed by atoms with Gasteiger partial charge in [-0.1, -0.05) is 30.3 Å². The molecule has 4 rings (SSSR count). The molecule has 2 amide bonds. The van der Waals surface area contributed by atoms with Crippen LogP contribution in [0.3, 0.4) is 0 Å². The quantitative estimate of drug-likeness (QED) is 0.702. The minimum Gasteiger partial charge on any atom is -0.340 e. The molecule has 2 heterocycles. The number of piperazine rings is 1. The van der Waals surface area contributed by atoms with E-state index in [9.17, 15) is 22.4 Å². The molecule has 2 aromatic rings. The maximum absolute atomic E-state index is 13.1. The van der Waals surface area contributed by atoms with Gasteiger partial charge in [0, 0.05) is 45.7 Å². The van der Waals surface area contributed by atoms with E-state index in [1.807, 2.05) is 30.3 Å². The van der Waals surface area contributed by atoms with Gasteiger partial charge in [-0.3, -0.25) is 9.59 Å². The monoisotopic (exact) mass is 445 g/mol. The number of rotatable bonds is 5. The Balaban J connectivity index is 1.34. The van der Waals surface area contributed by atoms with Gasteiger partial charge in [-0.15, -0.1) is 0 Å². The number of nitrogens with zero attached hydrogens (tertiary/aromatic N) is 3. The first-order chi connectivity index (χ1) is 14.8. The number of likely N-dealkylation sites (tertiary alicyclic amines) is 1. The lowest BCUT2D eigenvalue weighted by molar-refractivity contribution is -0.137. The van der Waals surface area contributed by atoms with E-state index in [0.717, 1.165) is 17.7 Å². The molecule has 1 atom stereocenters. The van der Waals surface area contributed by atoms with Crippen molar-refractivity contribution in [3.8, 4) is 0 Å². The Morgan fingerprint density at radius 2 is 1.61 bits per heavy atom. The summed E-state index contributed by atoms with van der Waals surface area (Å²) in [6.07, 6.45) is 0.180. The number of halogens is 1. The van der Waals surface area contributed by atoms with Crippen LogP contribution >= 0.6 is 0 Å². The van der Waals surface area contributed by atoms with Crippen LogP contribution < -0.4 is 0 Å². The molecule has 0 aromatic heterocycles. The van der Waals surface area contributed by atoms with Gasteiger partial charge in [-0.2, -0.15) is 4.31 Å². The summed E-state index contributed by atoms with van der Waals surface area (Å²) in [6.45, 7) is 1.72. The molecule has 0 N–H and O–H groups in total. The molecular formula is C22H24FN3O4S. The van der Waals surface area contributed by atoms with Crippen LogP contribution in [-0.4, -0.2) is 67.1 Å². The normalized spacial score (nSPS) is 20.3. The van der Waals surface area contributed by atoms with Crippen LogP contribution in [0.2, 0.25) is 0 Å². The van der Waals surface area contributed by atoms with Crippen molar-refractivity contribution in [3.63, 3.8) is 0 Å². The van der Waals surface area contributed by atoms with E-state index in [1.165, 1.54) is 16.4 Å². The first-order valence-corrected chi connectivity index (χ1v) is 11.6. The van der Waals surface area contributed by atoms with Crippen LogP contribution in [0.4, 0.5) is 4.39 Å². The van der Waals surface area contributed by atoms with Crippen molar-refractivity contribution in [3.05, 3.63) is 66.0 Å². The maximum atomic E-state index is 13.1. The zero-order chi connectivity index (χ0) is 22.0. The van der Waals surface area contributed by atoms with E-state index in [0.29, 0.717) is 13.1 Å². The number of sulfonamides is 1. The van der Waals surface area contributed by atoms with E-state index in [4.69, 9.17) is 0 Å². The topological polar surface area (TPSA) is 78.0 Å². The summed E-state index contributed by atoms with van der Waals surface area (Å²) in [7, 11) is -3.73. The summed E-state index contributed by atoms with van der Waals surface area (Å²) in [5.74, 6) is -1.05. The standard InChI is InChI=1S/C22H24FN3O4S/c23-19-6-8-20(9-7-19)31(29,30)26-12-10-24(11-13-26)22(28)18-14-21(27)25(16-18)15-17-4-2-1-3-5-17/h1-9,18H,10-16H2/t18-/m1/s1.